The lowest BCUT2D eigenvalue weighted by molar-refractivity contribution is 0.0955. The Balaban J connectivity index is 1.67. The molecular weight excluding hydrogens is 316 g/mol. The molecule has 5 heteroatoms. The summed E-state index contributed by atoms with van der Waals surface area (Å²) < 4.78 is 10.8. The highest BCUT2D eigenvalue weighted by Crippen LogP contribution is 2.13. The van der Waals surface area contributed by atoms with Gasteiger partial charge in [0.15, 0.2) is 0 Å². The van der Waals surface area contributed by atoms with Gasteiger partial charge >= 0.3 is 0 Å². The molecule has 0 bridgehead atoms. The number of unbranched alkanes of at least 4 members (excludes halogenated alkanes) is 5. The summed E-state index contributed by atoms with van der Waals surface area (Å²) in [6.45, 7) is 2.93. The van der Waals surface area contributed by atoms with Crippen molar-refractivity contribution in [2.75, 3.05) is 6.61 Å². The van der Waals surface area contributed by atoms with Crippen molar-refractivity contribution in [3.05, 3.63) is 54.0 Å². The molecule has 1 aromatic carbocycles. The van der Waals surface area contributed by atoms with Crippen LogP contribution in [0.1, 0.15) is 61.6 Å². The molecule has 0 saturated heterocycles. The summed E-state index contributed by atoms with van der Waals surface area (Å²) in [6, 6.07) is 10.6. The van der Waals surface area contributed by atoms with Crippen molar-refractivity contribution in [1.29, 1.82) is 0 Å². The molecule has 134 valence electrons. The maximum Gasteiger partial charge on any atom is 0.271 e. The second-order valence-corrected chi connectivity index (χ2v) is 5.86. The van der Waals surface area contributed by atoms with E-state index in [0.717, 1.165) is 12.2 Å². The van der Waals surface area contributed by atoms with Crippen LogP contribution in [0, 0.1) is 0 Å². The lowest BCUT2D eigenvalue weighted by Gasteiger charge is -2.07. The van der Waals surface area contributed by atoms with E-state index in [4.69, 9.17) is 9.15 Å². The van der Waals surface area contributed by atoms with Gasteiger partial charge in [-0.3, -0.25) is 4.79 Å². The number of carbonyl (C=O) groups excluding carboxylic acids is 1. The lowest BCUT2D eigenvalue weighted by Crippen LogP contribution is -2.17. The fourth-order valence-corrected chi connectivity index (χ4v) is 2.36. The number of hydrazone groups is 1. The first-order valence-corrected chi connectivity index (χ1v) is 8.89. The first-order chi connectivity index (χ1) is 12.3. The molecule has 0 saturated carbocycles. The van der Waals surface area contributed by atoms with E-state index in [0.29, 0.717) is 17.9 Å². The Morgan fingerprint density at radius 1 is 1.12 bits per heavy atom. The molecule has 5 nitrogen and oxygen atoms in total. The standard InChI is InChI=1S/C20H26N2O3/c1-2-3-4-5-6-7-14-24-18-12-10-17(11-13-18)20(23)22-21-16-19-9-8-15-25-19/h8-13,15-16H,2-7,14H2,1H3,(H,22,23)/b21-16+. The summed E-state index contributed by atoms with van der Waals surface area (Å²) in [4.78, 5) is 12.0. The summed E-state index contributed by atoms with van der Waals surface area (Å²) in [5, 5.41) is 3.85. The van der Waals surface area contributed by atoms with Gasteiger partial charge in [0.05, 0.1) is 19.1 Å². The molecule has 0 atom stereocenters. The second kappa shape index (κ2) is 11.1. The first kappa shape index (κ1) is 18.8. The lowest BCUT2D eigenvalue weighted by atomic mass is 10.1. The van der Waals surface area contributed by atoms with Gasteiger partial charge in [0.1, 0.15) is 11.5 Å². The van der Waals surface area contributed by atoms with Gasteiger partial charge in [0, 0.05) is 5.56 Å². The number of hydrogen-bond donors (Lipinski definition) is 1. The zero-order chi connectivity index (χ0) is 17.7. The minimum atomic E-state index is -0.273. The van der Waals surface area contributed by atoms with Gasteiger partial charge in [-0.15, -0.1) is 0 Å². The summed E-state index contributed by atoms with van der Waals surface area (Å²) >= 11 is 0. The minimum Gasteiger partial charge on any atom is -0.494 e. The molecule has 1 amide bonds. The number of furan rings is 1. The third-order valence-electron chi connectivity index (χ3n) is 3.78. The Labute approximate surface area is 149 Å². The van der Waals surface area contributed by atoms with Crippen molar-refractivity contribution in [1.82, 2.24) is 5.43 Å². The third-order valence-corrected chi connectivity index (χ3v) is 3.78. The normalized spacial score (nSPS) is 10.9. The maximum absolute atomic E-state index is 12.0. The summed E-state index contributed by atoms with van der Waals surface area (Å²) in [5.41, 5.74) is 2.99. The number of hydrogen-bond acceptors (Lipinski definition) is 4. The number of amides is 1. The zero-order valence-electron chi connectivity index (χ0n) is 14.7. The van der Waals surface area contributed by atoms with Crippen molar-refractivity contribution in [2.45, 2.75) is 45.4 Å². The number of benzene rings is 1. The second-order valence-electron chi connectivity index (χ2n) is 5.86. The fraction of sp³-hybridized carbons (Fsp3) is 0.400. The molecule has 1 N–H and O–H groups in total. The number of carbonyl (C=O) groups is 1. The van der Waals surface area contributed by atoms with Crippen molar-refractivity contribution >= 4 is 12.1 Å². The highest BCUT2D eigenvalue weighted by molar-refractivity contribution is 5.94. The molecule has 1 heterocycles. The summed E-state index contributed by atoms with van der Waals surface area (Å²) in [6.07, 6.45) is 10.4. The topological polar surface area (TPSA) is 63.8 Å². The molecule has 0 aliphatic heterocycles. The van der Waals surface area contributed by atoms with E-state index in [1.54, 1.807) is 30.5 Å². The first-order valence-electron chi connectivity index (χ1n) is 8.89. The largest absolute Gasteiger partial charge is 0.494 e. The average Bonchev–Trinajstić information content (AvgIpc) is 3.15. The Morgan fingerprint density at radius 3 is 2.60 bits per heavy atom. The van der Waals surface area contributed by atoms with Gasteiger partial charge in [-0.05, 0) is 42.8 Å². The maximum atomic E-state index is 12.0. The quantitative estimate of drug-likeness (QED) is 0.363. The van der Waals surface area contributed by atoms with Crippen LogP contribution in [-0.2, 0) is 0 Å². The molecule has 2 rings (SSSR count). The number of rotatable bonds is 11. The molecule has 1 aromatic heterocycles. The van der Waals surface area contributed by atoms with Gasteiger partial charge in [0.2, 0.25) is 0 Å². The van der Waals surface area contributed by atoms with Crippen molar-refractivity contribution in [2.24, 2.45) is 5.10 Å². The summed E-state index contributed by atoms with van der Waals surface area (Å²) in [7, 11) is 0. The van der Waals surface area contributed by atoms with Crippen molar-refractivity contribution in [3.63, 3.8) is 0 Å². The van der Waals surface area contributed by atoms with E-state index in [1.165, 1.54) is 38.3 Å². The Bertz CT molecular complexity index is 633. The van der Waals surface area contributed by atoms with Gasteiger partial charge in [-0.25, -0.2) is 5.43 Å². The molecule has 2 aromatic rings. The van der Waals surface area contributed by atoms with E-state index >= 15 is 0 Å². The van der Waals surface area contributed by atoms with Gasteiger partial charge in [0.25, 0.3) is 5.91 Å². The Hall–Kier alpha value is -2.56. The van der Waals surface area contributed by atoms with Crippen LogP contribution in [0.3, 0.4) is 0 Å². The molecule has 0 aliphatic rings. The van der Waals surface area contributed by atoms with E-state index < -0.39 is 0 Å². The van der Waals surface area contributed by atoms with Crippen molar-refractivity contribution < 1.29 is 13.9 Å². The van der Waals surface area contributed by atoms with Gasteiger partial charge < -0.3 is 9.15 Å². The smallest absolute Gasteiger partial charge is 0.271 e. The van der Waals surface area contributed by atoms with Crippen molar-refractivity contribution in [3.8, 4) is 5.75 Å². The van der Waals surface area contributed by atoms with E-state index in [2.05, 4.69) is 17.5 Å². The predicted octanol–water partition coefficient (Wildman–Crippen LogP) is 4.78. The summed E-state index contributed by atoms with van der Waals surface area (Å²) in [5.74, 6) is 1.09. The highest BCUT2D eigenvalue weighted by Gasteiger charge is 2.04. The zero-order valence-corrected chi connectivity index (χ0v) is 14.7. The molecule has 25 heavy (non-hydrogen) atoms. The Kier molecular flexibility index (Phi) is 8.32. The van der Waals surface area contributed by atoms with Gasteiger partial charge in [-0.1, -0.05) is 39.0 Å². The van der Waals surface area contributed by atoms with Crippen LogP contribution < -0.4 is 10.2 Å². The predicted molar refractivity (Wildman–Crippen MR) is 99.1 cm³/mol. The van der Waals surface area contributed by atoms with Crippen LogP contribution in [-0.4, -0.2) is 18.7 Å². The molecule has 0 unspecified atom stereocenters. The van der Waals surface area contributed by atoms with Gasteiger partial charge in [-0.2, -0.15) is 5.10 Å². The molecule has 0 fully saturated rings. The molecule has 0 radical (unpaired) electrons. The van der Waals surface area contributed by atoms with Crippen LogP contribution in [0.4, 0.5) is 0 Å². The van der Waals surface area contributed by atoms with E-state index in [-0.39, 0.29) is 5.91 Å². The molecular formula is C20H26N2O3. The van der Waals surface area contributed by atoms with E-state index in [9.17, 15) is 4.79 Å². The monoisotopic (exact) mass is 342 g/mol. The van der Waals surface area contributed by atoms with E-state index in [1.807, 2.05) is 12.1 Å². The number of nitrogens with zero attached hydrogens (tertiary/aromatic N) is 1. The van der Waals surface area contributed by atoms with Crippen LogP contribution in [0.2, 0.25) is 0 Å². The average molecular weight is 342 g/mol. The van der Waals surface area contributed by atoms with Crippen LogP contribution in [0.15, 0.2) is 52.2 Å². The number of ether oxygens (including phenoxy) is 1. The molecule has 0 spiro atoms. The number of nitrogens with one attached hydrogen (secondary N) is 1. The van der Waals surface area contributed by atoms with Crippen LogP contribution in [0.5, 0.6) is 5.75 Å². The highest BCUT2D eigenvalue weighted by atomic mass is 16.5. The Morgan fingerprint density at radius 2 is 1.88 bits per heavy atom. The molecule has 0 aliphatic carbocycles. The third kappa shape index (κ3) is 7.25. The fourth-order valence-electron chi connectivity index (χ4n) is 2.36. The minimum absolute atomic E-state index is 0.273. The van der Waals surface area contributed by atoms with Crippen LogP contribution >= 0.6 is 0 Å². The SMILES string of the molecule is CCCCCCCCOc1ccc(C(=O)N/N=C/c2ccco2)cc1. The van der Waals surface area contributed by atoms with Crippen LogP contribution in [0.25, 0.3) is 0 Å².